The Kier molecular flexibility index (Phi) is 6.67. The van der Waals surface area contributed by atoms with Crippen molar-refractivity contribution in [1.29, 1.82) is 0 Å². The molecule has 0 aliphatic heterocycles. The van der Waals surface area contributed by atoms with Crippen LogP contribution in [0.3, 0.4) is 0 Å². The van der Waals surface area contributed by atoms with E-state index in [-0.39, 0.29) is 42.1 Å². The lowest BCUT2D eigenvalue weighted by Crippen LogP contribution is -2.45. The standard InChI is InChI=1S/C29H25F4N5O3S/c1-18-8-9-34-25(10-18)27(39)28-12-19-14-36-38(22-5-3-21(30)4-6-22)26(19)11-20(28)2-7-23(13-28)42(40,41)24-15-35-37(16-24)17-29(31,32)33/h3-6,8-11,14-16,23H,2,7,12-13,17H2,1H3/t23-,28-/m0/s1. The topological polar surface area (TPSA) is 99.7 Å². The molecule has 3 heterocycles. The van der Waals surface area contributed by atoms with E-state index in [0.717, 1.165) is 23.5 Å². The molecule has 0 amide bonds. The largest absolute Gasteiger partial charge is 0.408 e. The lowest BCUT2D eigenvalue weighted by atomic mass is 9.61. The summed E-state index contributed by atoms with van der Waals surface area (Å²) in [5, 5.41) is 7.06. The molecule has 8 nitrogen and oxygen atoms in total. The number of rotatable bonds is 6. The molecule has 0 saturated heterocycles. The Balaban J connectivity index is 1.41. The van der Waals surface area contributed by atoms with Crippen molar-refractivity contribution in [2.75, 3.05) is 0 Å². The van der Waals surface area contributed by atoms with Crippen LogP contribution in [0.5, 0.6) is 0 Å². The van der Waals surface area contributed by atoms with Crippen molar-refractivity contribution in [3.63, 3.8) is 0 Å². The Morgan fingerprint density at radius 2 is 1.88 bits per heavy atom. The highest BCUT2D eigenvalue weighted by molar-refractivity contribution is 7.92. The third-order valence-electron chi connectivity index (χ3n) is 7.99. The molecule has 3 aromatic heterocycles. The highest BCUT2D eigenvalue weighted by Crippen LogP contribution is 2.51. The van der Waals surface area contributed by atoms with E-state index in [9.17, 15) is 30.8 Å². The van der Waals surface area contributed by atoms with Gasteiger partial charge in [0.25, 0.3) is 0 Å². The summed E-state index contributed by atoms with van der Waals surface area (Å²) in [6.45, 7) is 0.410. The van der Waals surface area contributed by atoms with E-state index in [1.807, 2.05) is 13.0 Å². The molecule has 0 radical (unpaired) electrons. The van der Waals surface area contributed by atoms with Gasteiger partial charge in [0.05, 0.1) is 34.4 Å². The van der Waals surface area contributed by atoms with E-state index in [0.29, 0.717) is 21.6 Å². The van der Waals surface area contributed by atoms with Crippen molar-refractivity contribution >= 4 is 21.7 Å². The number of Topliss-reactive ketones (excluding diaryl/α,β-unsaturated/α-hetero) is 1. The van der Waals surface area contributed by atoms with Crippen LogP contribution in [-0.2, 0) is 22.8 Å². The molecule has 2 aliphatic rings. The molecule has 42 heavy (non-hydrogen) atoms. The van der Waals surface area contributed by atoms with Crippen molar-refractivity contribution in [3.8, 4) is 5.69 Å². The van der Waals surface area contributed by atoms with Gasteiger partial charge in [0.2, 0.25) is 0 Å². The summed E-state index contributed by atoms with van der Waals surface area (Å²) in [6, 6.07) is 9.24. The van der Waals surface area contributed by atoms with Gasteiger partial charge in [-0.05, 0) is 86.2 Å². The van der Waals surface area contributed by atoms with Crippen LogP contribution in [0.15, 0.2) is 71.7 Å². The number of halogens is 4. The minimum Gasteiger partial charge on any atom is -0.291 e. The SMILES string of the molecule is Cc1ccnc(C(=O)[C@]23Cc4cnn(-c5ccc(F)cc5)c4C=C2CC[C@H](S(=O)(=O)c2cnn(CC(F)(F)F)c2)C3)c1. The molecule has 1 aromatic carbocycles. The number of alkyl halides is 3. The summed E-state index contributed by atoms with van der Waals surface area (Å²) in [5.74, 6) is -0.720. The first-order chi connectivity index (χ1) is 19.9. The van der Waals surface area contributed by atoms with Crippen LogP contribution in [0.4, 0.5) is 17.6 Å². The van der Waals surface area contributed by atoms with Gasteiger partial charge in [0, 0.05) is 12.4 Å². The first-order valence-corrected chi connectivity index (χ1v) is 14.7. The van der Waals surface area contributed by atoms with E-state index >= 15 is 0 Å². The Hall–Kier alpha value is -4.13. The van der Waals surface area contributed by atoms with E-state index in [1.54, 1.807) is 35.1 Å². The van der Waals surface area contributed by atoms with Gasteiger partial charge in [-0.1, -0.05) is 5.57 Å². The van der Waals surface area contributed by atoms with Crippen molar-refractivity contribution < 1.29 is 30.8 Å². The number of benzene rings is 1. The van der Waals surface area contributed by atoms with E-state index < -0.39 is 39.0 Å². The van der Waals surface area contributed by atoms with Gasteiger partial charge in [0.1, 0.15) is 23.0 Å². The maximum Gasteiger partial charge on any atom is 0.408 e. The van der Waals surface area contributed by atoms with Gasteiger partial charge in [-0.25, -0.2) is 17.5 Å². The molecule has 0 spiro atoms. The number of pyridine rings is 1. The molecular weight excluding hydrogens is 574 g/mol. The maximum atomic E-state index is 14.3. The van der Waals surface area contributed by atoms with Gasteiger partial charge in [-0.15, -0.1) is 0 Å². The van der Waals surface area contributed by atoms with Crippen LogP contribution in [0.2, 0.25) is 0 Å². The number of aryl methyl sites for hydroxylation is 1. The zero-order valence-corrected chi connectivity index (χ0v) is 23.2. The summed E-state index contributed by atoms with van der Waals surface area (Å²) in [6.07, 6.45) is 2.73. The number of carbonyl (C=O) groups excluding carboxylic acids is 1. The van der Waals surface area contributed by atoms with Gasteiger partial charge < -0.3 is 0 Å². The van der Waals surface area contributed by atoms with Crippen LogP contribution in [-0.4, -0.2) is 50.2 Å². The minimum absolute atomic E-state index is 0.0821. The number of nitrogens with zero attached hydrogens (tertiary/aromatic N) is 5. The second kappa shape index (κ2) is 10.0. The monoisotopic (exact) mass is 599 g/mol. The van der Waals surface area contributed by atoms with E-state index in [4.69, 9.17) is 0 Å². The lowest BCUT2D eigenvalue weighted by molar-refractivity contribution is -0.142. The maximum absolute atomic E-state index is 14.3. The third kappa shape index (κ3) is 4.95. The highest BCUT2D eigenvalue weighted by atomic mass is 32.2. The van der Waals surface area contributed by atoms with Crippen LogP contribution >= 0.6 is 0 Å². The van der Waals surface area contributed by atoms with Crippen LogP contribution in [0.25, 0.3) is 11.8 Å². The first-order valence-electron chi connectivity index (χ1n) is 13.2. The molecule has 6 rings (SSSR count). The molecule has 0 unspecified atom stereocenters. The van der Waals surface area contributed by atoms with E-state index in [2.05, 4.69) is 15.2 Å². The van der Waals surface area contributed by atoms with Crippen LogP contribution in [0.1, 0.15) is 46.6 Å². The number of ketones is 1. The smallest absolute Gasteiger partial charge is 0.291 e. The molecule has 13 heteroatoms. The third-order valence-corrected chi connectivity index (χ3v) is 10.1. The van der Waals surface area contributed by atoms with Gasteiger partial charge >= 0.3 is 6.18 Å². The van der Waals surface area contributed by atoms with Gasteiger partial charge in [-0.2, -0.15) is 23.4 Å². The van der Waals surface area contributed by atoms with Crippen molar-refractivity contribution in [2.24, 2.45) is 5.41 Å². The highest BCUT2D eigenvalue weighted by Gasteiger charge is 2.52. The number of hydrogen-bond donors (Lipinski definition) is 0. The Morgan fingerprint density at radius 3 is 2.60 bits per heavy atom. The molecule has 4 aromatic rings. The average Bonchev–Trinajstić information content (AvgIpc) is 3.57. The second-order valence-corrected chi connectivity index (χ2v) is 13.0. The number of hydrogen-bond acceptors (Lipinski definition) is 6. The van der Waals surface area contributed by atoms with Crippen molar-refractivity contribution in [2.45, 2.75) is 55.5 Å². The molecule has 0 bridgehead atoms. The van der Waals surface area contributed by atoms with Gasteiger partial charge in [-0.3, -0.25) is 14.5 Å². The Bertz CT molecular complexity index is 1830. The predicted molar refractivity (Wildman–Crippen MR) is 144 cm³/mol. The number of fused-ring (bicyclic) bond motifs is 2. The number of allylic oxidation sites excluding steroid dienone is 1. The fraction of sp³-hybridized carbons (Fsp3) is 0.310. The number of aromatic nitrogens is 5. The fourth-order valence-corrected chi connectivity index (χ4v) is 7.76. The minimum atomic E-state index is -4.56. The molecule has 0 N–H and O–H groups in total. The molecule has 2 atom stereocenters. The van der Waals surface area contributed by atoms with Crippen molar-refractivity contribution in [1.82, 2.24) is 24.5 Å². The normalized spacial score (nSPS) is 20.5. The Labute approximate surface area is 238 Å². The number of carbonyl (C=O) groups is 1. The molecule has 2 aliphatic carbocycles. The van der Waals surface area contributed by atoms with Crippen LogP contribution in [0, 0.1) is 18.2 Å². The van der Waals surface area contributed by atoms with Gasteiger partial charge in [0.15, 0.2) is 15.6 Å². The predicted octanol–water partition coefficient (Wildman–Crippen LogP) is 5.31. The quantitative estimate of drug-likeness (QED) is 0.220. The van der Waals surface area contributed by atoms with Crippen molar-refractivity contribution in [3.05, 3.63) is 95.1 Å². The molecular formula is C29H25F4N5O3S. The van der Waals surface area contributed by atoms with E-state index in [1.165, 1.54) is 18.3 Å². The average molecular weight is 600 g/mol. The first kappa shape index (κ1) is 28.0. The summed E-state index contributed by atoms with van der Waals surface area (Å²) in [7, 11) is -4.14. The van der Waals surface area contributed by atoms with Crippen LogP contribution < -0.4 is 0 Å². The number of sulfone groups is 1. The Morgan fingerprint density at radius 1 is 1.12 bits per heavy atom. The fourth-order valence-electron chi connectivity index (χ4n) is 5.98. The molecule has 218 valence electrons. The summed E-state index contributed by atoms with van der Waals surface area (Å²) >= 11 is 0. The zero-order valence-electron chi connectivity index (χ0n) is 22.3. The summed E-state index contributed by atoms with van der Waals surface area (Å²) < 4.78 is 81.9. The molecule has 1 saturated carbocycles. The lowest BCUT2D eigenvalue weighted by Gasteiger charge is -2.43. The second-order valence-electron chi connectivity index (χ2n) is 10.8. The summed E-state index contributed by atoms with van der Waals surface area (Å²) in [5.41, 5.74) is 2.53. The molecule has 1 fully saturated rings. The zero-order chi connectivity index (χ0) is 29.9. The summed E-state index contributed by atoms with van der Waals surface area (Å²) in [4.78, 5) is 18.3.